The Bertz CT molecular complexity index is 507. The molecule has 0 aliphatic carbocycles. The van der Waals surface area contributed by atoms with Crippen molar-refractivity contribution in [2.75, 3.05) is 5.73 Å². The predicted octanol–water partition coefficient (Wildman–Crippen LogP) is 2.59. The van der Waals surface area contributed by atoms with Gasteiger partial charge in [-0.2, -0.15) is 5.10 Å². The van der Waals surface area contributed by atoms with E-state index in [4.69, 9.17) is 5.73 Å². The fraction of sp³-hybridized carbons (Fsp3) is 0.111. The summed E-state index contributed by atoms with van der Waals surface area (Å²) in [7, 11) is 1.83. The van der Waals surface area contributed by atoms with Crippen molar-refractivity contribution in [1.82, 2.24) is 14.8 Å². The Morgan fingerprint density at radius 2 is 2.07 bits per heavy atom. The quantitative estimate of drug-likeness (QED) is 0.817. The summed E-state index contributed by atoms with van der Waals surface area (Å²) in [6.45, 7) is 0. The Hall–Kier alpha value is -0.880. The largest absolute Gasteiger partial charge is 0.397 e. The number of aryl methyl sites for hydroxylation is 1. The summed E-state index contributed by atoms with van der Waals surface area (Å²) >= 11 is 6.81. The molecule has 4 nitrogen and oxygen atoms in total. The lowest BCUT2D eigenvalue weighted by atomic mass is 10.2. The molecule has 0 spiro atoms. The highest BCUT2D eigenvalue weighted by atomic mass is 79.9. The Kier molecular flexibility index (Phi) is 2.79. The lowest BCUT2D eigenvalue weighted by Crippen LogP contribution is -1.99. The van der Waals surface area contributed by atoms with Crippen molar-refractivity contribution in [2.24, 2.45) is 7.05 Å². The highest BCUT2D eigenvalue weighted by Crippen LogP contribution is 2.33. The van der Waals surface area contributed by atoms with Crippen LogP contribution in [0.3, 0.4) is 0 Å². The van der Waals surface area contributed by atoms with Crippen LogP contribution in [0.2, 0.25) is 0 Å². The van der Waals surface area contributed by atoms with Gasteiger partial charge in [-0.05, 0) is 28.1 Å². The van der Waals surface area contributed by atoms with Gasteiger partial charge < -0.3 is 5.73 Å². The summed E-state index contributed by atoms with van der Waals surface area (Å²) in [6.07, 6.45) is 1.50. The first-order valence-electron chi connectivity index (χ1n) is 4.18. The molecule has 0 bridgehead atoms. The normalized spacial score (nSPS) is 10.6. The maximum atomic E-state index is 5.96. The van der Waals surface area contributed by atoms with Crippen molar-refractivity contribution >= 4 is 37.5 Å². The number of hydrogen-bond donors (Lipinski definition) is 1. The minimum atomic E-state index is 0.661. The van der Waals surface area contributed by atoms with Crippen LogP contribution in [0.4, 0.5) is 5.69 Å². The van der Waals surface area contributed by atoms with Gasteiger partial charge in [0.2, 0.25) is 0 Å². The Balaban J connectivity index is 2.68. The van der Waals surface area contributed by atoms with Crippen molar-refractivity contribution in [1.29, 1.82) is 0 Å². The smallest absolute Gasteiger partial charge is 0.159 e. The molecule has 0 radical (unpaired) electrons. The van der Waals surface area contributed by atoms with Crippen LogP contribution in [0, 0.1) is 0 Å². The van der Waals surface area contributed by atoms with Crippen LogP contribution in [0.1, 0.15) is 0 Å². The van der Waals surface area contributed by atoms with Gasteiger partial charge in [-0.25, -0.2) is 9.67 Å². The van der Waals surface area contributed by atoms with Gasteiger partial charge in [0.25, 0.3) is 0 Å². The van der Waals surface area contributed by atoms with Gasteiger partial charge in [-0.1, -0.05) is 15.9 Å². The molecule has 0 atom stereocenters. The van der Waals surface area contributed by atoms with Gasteiger partial charge in [0.15, 0.2) is 5.82 Å². The van der Waals surface area contributed by atoms with E-state index in [1.165, 1.54) is 6.33 Å². The molecule has 1 aromatic carbocycles. The summed E-state index contributed by atoms with van der Waals surface area (Å²) in [6, 6.07) is 3.82. The molecule has 15 heavy (non-hydrogen) atoms. The van der Waals surface area contributed by atoms with Crippen LogP contribution >= 0.6 is 31.9 Å². The van der Waals surface area contributed by atoms with Gasteiger partial charge in [0, 0.05) is 21.6 Å². The van der Waals surface area contributed by atoms with Crippen molar-refractivity contribution < 1.29 is 0 Å². The van der Waals surface area contributed by atoms with E-state index in [0.717, 1.165) is 20.3 Å². The van der Waals surface area contributed by atoms with Crippen LogP contribution in [0.5, 0.6) is 0 Å². The number of nitrogens with zero attached hydrogens (tertiary/aromatic N) is 3. The molecule has 0 saturated carbocycles. The second kappa shape index (κ2) is 3.94. The third-order valence-corrected chi connectivity index (χ3v) is 3.16. The first-order chi connectivity index (χ1) is 7.09. The second-order valence-corrected chi connectivity index (χ2v) is 4.83. The Morgan fingerprint density at radius 1 is 1.33 bits per heavy atom. The molecular formula is C9H8Br2N4. The first kappa shape index (κ1) is 10.6. The van der Waals surface area contributed by atoms with E-state index >= 15 is 0 Å². The number of benzene rings is 1. The number of hydrogen-bond acceptors (Lipinski definition) is 3. The summed E-state index contributed by atoms with van der Waals surface area (Å²) in [5.41, 5.74) is 7.48. The molecule has 6 heteroatoms. The van der Waals surface area contributed by atoms with Gasteiger partial charge in [-0.15, -0.1) is 0 Å². The zero-order chi connectivity index (χ0) is 11.0. The minimum absolute atomic E-state index is 0.661. The van der Waals surface area contributed by atoms with Crippen molar-refractivity contribution in [2.45, 2.75) is 0 Å². The first-order valence-corrected chi connectivity index (χ1v) is 5.77. The molecule has 1 aromatic heterocycles. The predicted molar refractivity (Wildman–Crippen MR) is 66.3 cm³/mol. The summed E-state index contributed by atoms with van der Waals surface area (Å²) in [4.78, 5) is 4.16. The standard InChI is InChI=1S/C9H8Br2N4/c1-15-9(13-4-14-15)6-2-5(10)3-7(11)8(6)12/h2-4H,12H2,1H3. The van der Waals surface area contributed by atoms with Crippen LogP contribution in [0.25, 0.3) is 11.4 Å². The molecule has 0 unspecified atom stereocenters. The van der Waals surface area contributed by atoms with Gasteiger partial charge >= 0.3 is 0 Å². The van der Waals surface area contributed by atoms with Crippen LogP contribution in [-0.4, -0.2) is 14.8 Å². The van der Waals surface area contributed by atoms with E-state index in [0.29, 0.717) is 5.69 Å². The van der Waals surface area contributed by atoms with Gasteiger partial charge in [-0.3, -0.25) is 0 Å². The van der Waals surface area contributed by atoms with Crippen molar-refractivity contribution in [3.63, 3.8) is 0 Å². The Morgan fingerprint density at radius 3 is 2.67 bits per heavy atom. The lowest BCUT2D eigenvalue weighted by molar-refractivity contribution is 0.774. The van der Waals surface area contributed by atoms with E-state index in [-0.39, 0.29) is 0 Å². The molecule has 0 fully saturated rings. The maximum absolute atomic E-state index is 5.96. The number of nitrogens with two attached hydrogens (primary N) is 1. The zero-order valence-electron chi connectivity index (χ0n) is 7.91. The summed E-state index contributed by atoms with van der Waals surface area (Å²) in [5, 5.41) is 4.01. The van der Waals surface area contributed by atoms with E-state index < -0.39 is 0 Å². The molecule has 0 aliphatic heterocycles. The lowest BCUT2D eigenvalue weighted by Gasteiger charge is -2.07. The SMILES string of the molecule is Cn1ncnc1-c1cc(Br)cc(Br)c1N. The third-order valence-electron chi connectivity index (χ3n) is 2.05. The molecule has 2 aromatic rings. The van der Waals surface area contributed by atoms with Gasteiger partial charge in [0.1, 0.15) is 6.33 Å². The molecule has 1 heterocycles. The van der Waals surface area contributed by atoms with Crippen LogP contribution < -0.4 is 5.73 Å². The fourth-order valence-electron chi connectivity index (χ4n) is 1.31. The monoisotopic (exact) mass is 330 g/mol. The molecule has 0 aliphatic rings. The fourth-order valence-corrected chi connectivity index (χ4v) is 2.54. The highest BCUT2D eigenvalue weighted by Gasteiger charge is 2.11. The molecule has 0 saturated heterocycles. The molecule has 2 N–H and O–H groups in total. The number of anilines is 1. The van der Waals surface area contributed by atoms with E-state index in [1.807, 2.05) is 19.2 Å². The number of nitrogen functional groups attached to an aromatic ring is 1. The van der Waals surface area contributed by atoms with E-state index in [9.17, 15) is 0 Å². The Labute approximate surface area is 104 Å². The molecule has 2 rings (SSSR count). The van der Waals surface area contributed by atoms with Crippen molar-refractivity contribution in [3.8, 4) is 11.4 Å². The molecule has 0 amide bonds. The van der Waals surface area contributed by atoms with Crippen molar-refractivity contribution in [3.05, 3.63) is 27.4 Å². The average Bonchev–Trinajstić information content (AvgIpc) is 2.58. The topological polar surface area (TPSA) is 56.7 Å². The third kappa shape index (κ3) is 1.91. The van der Waals surface area contributed by atoms with E-state index in [2.05, 4.69) is 41.9 Å². The number of aromatic nitrogens is 3. The zero-order valence-corrected chi connectivity index (χ0v) is 11.1. The van der Waals surface area contributed by atoms with Crippen LogP contribution in [0.15, 0.2) is 27.4 Å². The maximum Gasteiger partial charge on any atom is 0.159 e. The minimum Gasteiger partial charge on any atom is -0.397 e. The molecule has 78 valence electrons. The summed E-state index contributed by atoms with van der Waals surface area (Å²) in [5.74, 6) is 0.745. The highest BCUT2D eigenvalue weighted by molar-refractivity contribution is 9.11. The number of halogens is 2. The second-order valence-electron chi connectivity index (χ2n) is 3.06. The number of rotatable bonds is 1. The van der Waals surface area contributed by atoms with Gasteiger partial charge in [0.05, 0.1) is 5.69 Å². The average molecular weight is 332 g/mol. The van der Waals surface area contributed by atoms with E-state index in [1.54, 1.807) is 4.68 Å². The van der Waals surface area contributed by atoms with Crippen LogP contribution in [-0.2, 0) is 7.05 Å². The molecular weight excluding hydrogens is 324 g/mol. The summed E-state index contributed by atoms with van der Waals surface area (Å²) < 4.78 is 3.47.